The van der Waals surface area contributed by atoms with Crippen LogP contribution in [0.25, 0.3) is 0 Å². The third-order valence-corrected chi connectivity index (χ3v) is 5.22. The Morgan fingerprint density at radius 2 is 1.90 bits per heavy atom. The average Bonchev–Trinajstić information content (AvgIpc) is 2.70. The van der Waals surface area contributed by atoms with E-state index in [1.807, 2.05) is 13.8 Å². The second kappa shape index (κ2) is 8.61. The Hall–Kier alpha value is -2.93. The van der Waals surface area contributed by atoms with E-state index in [1.165, 1.54) is 18.2 Å². The van der Waals surface area contributed by atoms with Crippen molar-refractivity contribution in [1.29, 1.82) is 0 Å². The van der Waals surface area contributed by atoms with E-state index in [1.54, 1.807) is 35.2 Å². The summed E-state index contributed by atoms with van der Waals surface area (Å²) in [6, 6.07) is 12.7. The van der Waals surface area contributed by atoms with Gasteiger partial charge in [-0.05, 0) is 36.1 Å². The first-order valence-electron chi connectivity index (χ1n) is 9.59. The van der Waals surface area contributed by atoms with Crippen LogP contribution in [-0.4, -0.2) is 42.5 Å². The van der Waals surface area contributed by atoms with Crippen molar-refractivity contribution in [2.75, 3.05) is 25.0 Å². The molecule has 0 saturated carbocycles. The second-order valence-electron chi connectivity index (χ2n) is 7.92. The van der Waals surface area contributed by atoms with Gasteiger partial charge >= 0.3 is 0 Å². The molecule has 1 saturated heterocycles. The number of piperidine rings is 1. The molecule has 0 aromatic heterocycles. The molecular weight excluding hydrogens is 373 g/mol. The standard InChI is InChI=1S/C22H26FN3O3/c1-22(2)14-26(12-11-19(22)24)21(28)15-7-3-6-10-18(15)29-13-20(27)25-17-9-5-4-8-16(17)23/h3-10,19H,11-14,24H2,1-2H3,(H,25,27). The number of carbonyl (C=O) groups excluding carboxylic acids is 2. The van der Waals surface area contributed by atoms with Crippen LogP contribution in [0.15, 0.2) is 48.5 Å². The summed E-state index contributed by atoms with van der Waals surface area (Å²) in [5.74, 6) is -0.881. The first-order chi connectivity index (χ1) is 13.8. The molecule has 7 heteroatoms. The zero-order chi connectivity index (χ0) is 21.0. The van der Waals surface area contributed by atoms with Gasteiger partial charge in [-0.1, -0.05) is 38.1 Å². The number of anilines is 1. The Balaban J connectivity index is 1.67. The van der Waals surface area contributed by atoms with Crippen molar-refractivity contribution in [3.8, 4) is 5.75 Å². The Kier molecular flexibility index (Phi) is 6.17. The lowest BCUT2D eigenvalue weighted by molar-refractivity contribution is -0.118. The average molecular weight is 399 g/mol. The summed E-state index contributed by atoms with van der Waals surface area (Å²) < 4.78 is 19.3. The molecular formula is C22H26FN3O3. The molecule has 1 aliphatic heterocycles. The van der Waals surface area contributed by atoms with Crippen LogP contribution >= 0.6 is 0 Å². The second-order valence-corrected chi connectivity index (χ2v) is 7.92. The third kappa shape index (κ3) is 4.92. The molecule has 1 unspecified atom stereocenters. The highest BCUT2D eigenvalue weighted by Crippen LogP contribution is 2.30. The number of nitrogens with one attached hydrogen (secondary N) is 1. The number of nitrogens with two attached hydrogens (primary N) is 1. The van der Waals surface area contributed by atoms with Crippen LogP contribution in [0.3, 0.4) is 0 Å². The van der Waals surface area contributed by atoms with E-state index in [-0.39, 0.29) is 29.7 Å². The van der Waals surface area contributed by atoms with E-state index in [9.17, 15) is 14.0 Å². The third-order valence-electron chi connectivity index (χ3n) is 5.22. The summed E-state index contributed by atoms with van der Waals surface area (Å²) in [6.07, 6.45) is 0.729. The molecule has 0 bridgehead atoms. The van der Waals surface area contributed by atoms with Crippen molar-refractivity contribution in [3.63, 3.8) is 0 Å². The lowest BCUT2D eigenvalue weighted by Gasteiger charge is -2.42. The Morgan fingerprint density at radius 1 is 1.21 bits per heavy atom. The molecule has 2 aromatic rings. The fourth-order valence-corrected chi connectivity index (χ4v) is 3.38. The van der Waals surface area contributed by atoms with Gasteiger partial charge in [0.1, 0.15) is 11.6 Å². The maximum absolute atomic E-state index is 13.7. The molecule has 0 spiro atoms. The molecule has 6 nitrogen and oxygen atoms in total. The minimum atomic E-state index is -0.526. The van der Waals surface area contributed by atoms with Gasteiger partial charge in [0.05, 0.1) is 11.3 Å². The van der Waals surface area contributed by atoms with Gasteiger partial charge in [0, 0.05) is 19.1 Å². The fourth-order valence-electron chi connectivity index (χ4n) is 3.38. The van der Waals surface area contributed by atoms with E-state index in [0.717, 1.165) is 6.42 Å². The monoisotopic (exact) mass is 399 g/mol. The number of hydrogen-bond acceptors (Lipinski definition) is 4. The molecule has 0 radical (unpaired) electrons. The minimum Gasteiger partial charge on any atom is -0.483 e. The van der Waals surface area contributed by atoms with Gasteiger partial charge in [-0.15, -0.1) is 0 Å². The molecule has 1 aliphatic rings. The van der Waals surface area contributed by atoms with Crippen molar-refractivity contribution in [2.45, 2.75) is 26.3 Å². The number of benzene rings is 2. The first-order valence-corrected chi connectivity index (χ1v) is 9.59. The Morgan fingerprint density at radius 3 is 2.62 bits per heavy atom. The summed E-state index contributed by atoms with van der Waals surface area (Å²) in [7, 11) is 0. The number of carbonyl (C=O) groups is 2. The van der Waals surface area contributed by atoms with Crippen LogP contribution < -0.4 is 15.8 Å². The van der Waals surface area contributed by atoms with Crippen LogP contribution in [0.5, 0.6) is 5.75 Å². The lowest BCUT2D eigenvalue weighted by atomic mass is 9.79. The Labute approximate surface area is 169 Å². The number of halogens is 1. The summed E-state index contributed by atoms with van der Waals surface area (Å²) in [4.78, 5) is 26.9. The van der Waals surface area contributed by atoms with E-state index < -0.39 is 11.7 Å². The Bertz CT molecular complexity index is 900. The fraction of sp³-hybridized carbons (Fsp3) is 0.364. The minimum absolute atomic E-state index is 0.0418. The SMILES string of the molecule is CC1(C)CN(C(=O)c2ccccc2OCC(=O)Nc2ccccc2F)CCC1N. The molecule has 154 valence electrons. The highest BCUT2D eigenvalue weighted by atomic mass is 19.1. The van der Waals surface area contributed by atoms with E-state index >= 15 is 0 Å². The van der Waals surface area contributed by atoms with Crippen LogP contribution in [-0.2, 0) is 4.79 Å². The van der Waals surface area contributed by atoms with E-state index in [0.29, 0.717) is 24.4 Å². The number of nitrogens with zero attached hydrogens (tertiary/aromatic N) is 1. The van der Waals surface area contributed by atoms with Gasteiger partial charge in [0.15, 0.2) is 6.61 Å². The topological polar surface area (TPSA) is 84.7 Å². The van der Waals surface area contributed by atoms with E-state index in [2.05, 4.69) is 5.32 Å². The van der Waals surface area contributed by atoms with Crippen LogP contribution in [0.1, 0.15) is 30.6 Å². The van der Waals surface area contributed by atoms with Gasteiger partial charge in [0.2, 0.25) is 0 Å². The quantitative estimate of drug-likeness (QED) is 0.809. The zero-order valence-electron chi connectivity index (χ0n) is 16.7. The van der Waals surface area contributed by atoms with E-state index in [4.69, 9.17) is 10.5 Å². The number of rotatable bonds is 5. The smallest absolute Gasteiger partial charge is 0.262 e. The summed E-state index contributed by atoms with van der Waals surface area (Å²) >= 11 is 0. The maximum Gasteiger partial charge on any atom is 0.262 e. The summed E-state index contributed by atoms with van der Waals surface area (Å²) in [5, 5.41) is 2.46. The van der Waals surface area contributed by atoms with Crippen molar-refractivity contribution in [3.05, 3.63) is 59.9 Å². The van der Waals surface area contributed by atoms with Crippen LogP contribution in [0.4, 0.5) is 10.1 Å². The number of amides is 2. The molecule has 1 fully saturated rings. The number of hydrogen-bond donors (Lipinski definition) is 2. The number of para-hydroxylation sites is 2. The number of ether oxygens (including phenoxy) is 1. The molecule has 1 atom stereocenters. The zero-order valence-corrected chi connectivity index (χ0v) is 16.7. The summed E-state index contributed by atoms with van der Waals surface area (Å²) in [5.41, 5.74) is 6.45. The summed E-state index contributed by atoms with van der Waals surface area (Å²) in [6.45, 7) is 4.88. The van der Waals surface area contributed by atoms with Crippen LogP contribution in [0.2, 0.25) is 0 Å². The highest BCUT2D eigenvalue weighted by molar-refractivity contribution is 5.97. The predicted molar refractivity (Wildman–Crippen MR) is 109 cm³/mol. The molecule has 2 aromatic carbocycles. The highest BCUT2D eigenvalue weighted by Gasteiger charge is 2.36. The van der Waals surface area contributed by atoms with Gasteiger partial charge in [-0.2, -0.15) is 0 Å². The molecule has 3 N–H and O–H groups in total. The molecule has 29 heavy (non-hydrogen) atoms. The largest absolute Gasteiger partial charge is 0.483 e. The van der Waals surface area contributed by atoms with Gasteiger partial charge in [-0.25, -0.2) is 4.39 Å². The van der Waals surface area contributed by atoms with Crippen molar-refractivity contribution in [1.82, 2.24) is 4.90 Å². The maximum atomic E-state index is 13.7. The van der Waals surface area contributed by atoms with Gasteiger partial charge in [-0.3, -0.25) is 9.59 Å². The molecule has 2 amide bonds. The molecule has 1 heterocycles. The first kappa shape index (κ1) is 20.8. The van der Waals surface area contributed by atoms with Crippen molar-refractivity contribution < 1.29 is 18.7 Å². The van der Waals surface area contributed by atoms with Crippen molar-refractivity contribution in [2.24, 2.45) is 11.1 Å². The van der Waals surface area contributed by atoms with Gasteiger partial charge in [0.25, 0.3) is 11.8 Å². The van der Waals surface area contributed by atoms with Crippen LogP contribution in [0, 0.1) is 11.2 Å². The van der Waals surface area contributed by atoms with Gasteiger partial charge < -0.3 is 20.7 Å². The molecule has 0 aliphatic carbocycles. The predicted octanol–water partition coefficient (Wildman–Crippen LogP) is 3.04. The lowest BCUT2D eigenvalue weighted by Crippen LogP contribution is -2.54. The number of likely N-dealkylation sites (tertiary alicyclic amines) is 1. The normalized spacial score (nSPS) is 18.2. The molecule has 3 rings (SSSR count). The van der Waals surface area contributed by atoms with Crippen molar-refractivity contribution >= 4 is 17.5 Å².